The second kappa shape index (κ2) is 7.32. The summed E-state index contributed by atoms with van der Waals surface area (Å²) in [5.74, 6) is -1.43. The highest BCUT2D eigenvalue weighted by Gasteiger charge is 2.20. The molecule has 1 saturated heterocycles. The smallest absolute Gasteiger partial charge is 0.320 e. The molecule has 0 saturated carbocycles. The second-order valence-corrected chi connectivity index (χ2v) is 3.13. The van der Waals surface area contributed by atoms with Gasteiger partial charge < -0.3 is 15.5 Å². The first-order valence-corrected chi connectivity index (χ1v) is 4.76. The van der Waals surface area contributed by atoms with E-state index in [4.69, 9.17) is 10.2 Å². The third-order valence-corrected chi connectivity index (χ3v) is 1.82. The number of aliphatic carboxylic acids is 2. The van der Waals surface area contributed by atoms with Crippen LogP contribution in [0.1, 0.15) is 32.6 Å². The molecule has 14 heavy (non-hydrogen) atoms. The van der Waals surface area contributed by atoms with E-state index in [0.29, 0.717) is 6.42 Å². The maximum absolute atomic E-state index is 10.1. The van der Waals surface area contributed by atoms with E-state index >= 15 is 0 Å². The van der Waals surface area contributed by atoms with Crippen LogP contribution in [0.15, 0.2) is 0 Å². The molecule has 1 aliphatic rings. The standard InChI is InChI=1S/C5H9NO2.C4H8O2/c7-5(8)4-2-1-3-6-4;1-2-3-4(5)6/h4,6H,1-3H2,(H,7,8);2-3H2,1H3,(H,5,6)/t4-;/m0./s1. The summed E-state index contributed by atoms with van der Waals surface area (Å²) in [6.45, 7) is 2.70. The Morgan fingerprint density at radius 1 is 1.43 bits per heavy atom. The normalized spacial score (nSPS) is 19.6. The van der Waals surface area contributed by atoms with Crippen molar-refractivity contribution in [3.8, 4) is 0 Å². The number of hydrogen-bond donors (Lipinski definition) is 3. The van der Waals surface area contributed by atoms with Crippen molar-refractivity contribution in [2.75, 3.05) is 6.54 Å². The molecule has 1 rings (SSSR count). The van der Waals surface area contributed by atoms with Crippen molar-refractivity contribution in [2.45, 2.75) is 38.6 Å². The van der Waals surface area contributed by atoms with E-state index in [0.717, 1.165) is 25.8 Å². The first-order chi connectivity index (χ1) is 6.57. The maximum Gasteiger partial charge on any atom is 0.320 e. The highest BCUT2D eigenvalue weighted by Crippen LogP contribution is 2.03. The zero-order valence-corrected chi connectivity index (χ0v) is 8.32. The van der Waals surface area contributed by atoms with Gasteiger partial charge in [0.2, 0.25) is 0 Å². The predicted molar refractivity (Wildman–Crippen MR) is 51.2 cm³/mol. The lowest BCUT2D eigenvalue weighted by Crippen LogP contribution is -2.29. The summed E-state index contributed by atoms with van der Waals surface area (Å²) in [7, 11) is 0. The van der Waals surface area contributed by atoms with Crippen LogP contribution in [-0.2, 0) is 9.59 Å². The minimum atomic E-state index is -0.720. The molecule has 82 valence electrons. The van der Waals surface area contributed by atoms with Gasteiger partial charge in [0.05, 0.1) is 0 Å². The fraction of sp³-hybridized carbons (Fsp3) is 0.778. The van der Waals surface area contributed by atoms with Gasteiger partial charge in [0.15, 0.2) is 0 Å². The molecule has 1 fully saturated rings. The van der Waals surface area contributed by atoms with E-state index in [9.17, 15) is 9.59 Å². The lowest BCUT2D eigenvalue weighted by Gasteiger charge is -1.99. The third kappa shape index (κ3) is 6.42. The molecular formula is C9H17NO4. The highest BCUT2D eigenvalue weighted by atomic mass is 16.4. The van der Waals surface area contributed by atoms with E-state index < -0.39 is 11.9 Å². The number of hydrogen-bond acceptors (Lipinski definition) is 3. The average molecular weight is 203 g/mol. The van der Waals surface area contributed by atoms with E-state index in [2.05, 4.69) is 5.32 Å². The molecule has 1 atom stereocenters. The van der Waals surface area contributed by atoms with E-state index in [1.54, 1.807) is 0 Å². The molecule has 1 aliphatic heterocycles. The van der Waals surface area contributed by atoms with Crippen LogP contribution >= 0.6 is 0 Å². The molecule has 1 heterocycles. The van der Waals surface area contributed by atoms with Gasteiger partial charge in [-0.1, -0.05) is 6.92 Å². The van der Waals surface area contributed by atoms with Crippen LogP contribution in [0.25, 0.3) is 0 Å². The van der Waals surface area contributed by atoms with Crippen LogP contribution in [0.2, 0.25) is 0 Å². The van der Waals surface area contributed by atoms with Crippen LogP contribution in [0.4, 0.5) is 0 Å². The molecule has 0 unspecified atom stereocenters. The van der Waals surface area contributed by atoms with E-state index in [-0.39, 0.29) is 6.04 Å². The van der Waals surface area contributed by atoms with Crippen molar-refractivity contribution >= 4 is 11.9 Å². The lowest BCUT2D eigenvalue weighted by atomic mass is 10.2. The molecule has 0 aromatic heterocycles. The summed E-state index contributed by atoms with van der Waals surface area (Å²) in [5, 5.41) is 19.1. The zero-order valence-electron chi connectivity index (χ0n) is 8.32. The van der Waals surface area contributed by atoms with Gasteiger partial charge in [-0.25, -0.2) is 0 Å². The number of carboxylic acid groups (broad SMARTS) is 2. The van der Waals surface area contributed by atoms with Crippen molar-refractivity contribution in [3.05, 3.63) is 0 Å². The Hall–Kier alpha value is -1.10. The Kier molecular flexibility index (Phi) is 6.74. The topological polar surface area (TPSA) is 86.6 Å². The van der Waals surface area contributed by atoms with Crippen molar-refractivity contribution in [1.29, 1.82) is 0 Å². The number of carboxylic acids is 2. The van der Waals surface area contributed by atoms with Gasteiger partial charge in [-0.15, -0.1) is 0 Å². The summed E-state index contributed by atoms with van der Waals surface area (Å²) in [5.41, 5.74) is 0. The molecule has 5 heteroatoms. The van der Waals surface area contributed by atoms with Gasteiger partial charge in [-0.3, -0.25) is 9.59 Å². The van der Waals surface area contributed by atoms with E-state index in [1.165, 1.54) is 0 Å². The predicted octanol–water partition coefficient (Wildman–Crippen LogP) is 0.694. The van der Waals surface area contributed by atoms with Gasteiger partial charge in [-0.05, 0) is 25.8 Å². The monoisotopic (exact) mass is 203 g/mol. The fourth-order valence-electron chi connectivity index (χ4n) is 1.11. The fourth-order valence-corrected chi connectivity index (χ4v) is 1.11. The van der Waals surface area contributed by atoms with Crippen molar-refractivity contribution in [3.63, 3.8) is 0 Å². The van der Waals surface area contributed by atoms with Crippen LogP contribution in [0, 0.1) is 0 Å². The van der Waals surface area contributed by atoms with Gasteiger partial charge >= 0.3 is 11.9 Å². The average Bonchev–Trinajstić information content (AvgIpc) is 2.56. The molecule has 3 N–H and O–H groups in total. The van der Waals surface area contributed by atoms with Crippen molar-refractivity contribution in [1.82, 2.24) is 5.32 Å². The SMILES string of the molecule is CCCC(=O)O.O=C(O)[C@@H]1CCCN1. The van der Waals surface area contributed by atoms with Gasteiger partial charge in [-0.2, -0.15) is 0 Å². The Morgan fingerprint density at radius 2 is 2.07 bits per heavy atom. The molecule has 0 amide bonds. The van der Waals surface area contributed by atoms with Crippen molar-refractivity contribution in [2.24, 2.45) is 0 Å². The van der Waals surface area contributed by atoms with Gasteiger partial charge in [0.25, 0.3) is 0 Å². The molecule has 0 radical (unpaired) electrons. The highest BCUT2D eigenvalue weighted by molar-refractivity contribution is 5.73. The van der Waals surface area contributed by atoms with Gasteiger partial charge in [0.1, 0.15) is 6.04 Å². The summed E-state index contributed by atoms with van der Waals surface area (Å²) in [6, 6.07) is -0.269. The minimum Gasteiger partial charge on any atom is -0.481 e. The Labute approximate surface area is 83.1 Å². The van der Waals surface area contributed by atoms with Crippen LogP contribution in [0.3, 0.4) is 0 Å². The summed E-state index contributed by atoms with van der Waals surface area (Å²) in [6.07, 6.45) is 2.81. The molecule has 0 aliphatic carbocycles. The van der Waals surface area contributed by atoms with Gasteiger partial charge in [0, 0.05) is 6.42 Å². The molecule has 0 aromatic rings. The minimum absolute atomic E-state index is 0.269. The zero-order chi connectivity index (χ0) is 11.0. The number of rotatable bonds is 3. The Balaban J connectivity index is 0.000000255. The summed E-state index contributed by atoms with van der Waals surface area (Å²) < 4.78 is 0. The maximum atomic E-state index is 10.1. The second-order valence-electron chi connectivity index (χ2n) is 3.13. The molecule has 5 nitrogen and oxygen atoms in total. The Morgan fingerprint density at radius 3 is 2.21 bits per heavy atom. The summed E-state index contributed by atoms with van der Waals surface area (Å²) in [4.78, 5) is 19.7. The summed E-state index contributed by atoms with van der Waals surface area (Å²) >= 11 is 0. The Bertz CT molecular complexity index is 187. The quantitative estimate of drug-likeness (QED) is 0.628. The first-order valence-electron chi connectivity index (χ1n) is 4.76. The van der Waals surface area contributed by atoms with Crippen LogP contribution in [-0.4, -0.2) is 34.7 Å². The van der Waals surface area contributed by atoms with Crippen molar-refractivity contribution < 1.29 is 19.8 Å². The molecule has 0 spiro atoms. The largest absolute Gasteiger partial charge is 0.481 e. The molecule has 0 bridgehead atoms. The number of nitrogens with one attached hydrogen (secondary N) is 1. The molecular weight excluding hydrogens is 186 g/mol. The molecule has 0 aromatic carbocycles. The van der Waals surface area contributed by atoms with Crippen LogP contribution in [0.5, 0.6) is 0 Å². The van der Waals surface area contributed by atoms with Crippen LogP contribution < -0.4 is 5.32 Å². The van der Waals surface area contributed by atoms with E-state index in [1.807, 2.05) is 6.92 Å². The third-order valence-electron chi connectivity index (χ3n) is 1.82. The first kappa shape index (κ1) is 12.9. The lowest BCUT2D eigenvalue weighted by molar-refractivity contribution is -0.139. The number of carbonyl (C=O) groups is 2.